The second kappa shape index (κ2) is 7.23. The maximum atomic E-state index is 12.4. The van der Waals surface area contributed by atoms with Crippen LogP contribution in [0, 0.1) is 11.8 Å². The summed E-state index contributed by atoms with van der Waals surface area (Å²) in [6.07, 6.45) is 6.33. The highest BCUT2D eigenvalue weighted by molar-refractivity contribution is 5.76. The number of rotatable bonds is 5. The van der Waals surface area contributed by atoms with Crippen molar-refractivity contribution in [2.45, 2.75) is 44.4 Å². The first kappa shape index (κ1) is 16.1. The molecule has 23 heavy (non-hydrogen) atoms. The van der Waals surface area contributed by atoms with Gasteiger partial charge >= 0.3 is 5.69 Å². The van der Waals surface area contributed by atoms with Gasteiger partial charge in [-0.3, -0.25) is 9.36 Å². The zero-order valence-corrected chi connectivity index (χ0v) is 13.1. The van der Waals surface area contributed by atoms with Gasteiger partial charge in [-0.2, -0.15) is 0 Å². The molecule has 1 aromatic heterocycles. The maximum Gasteiger partial charge on any atom is 0.347 e. The fourth-order valence-electron chi connectivity index (χ4n) is 3.64. The first-order chi connectivity index (χ1) is 11.1. The lowest BCUT2D eigenvalue weighted by atomic mass is 9.71. The Morgan fingerprint density at radius 1 is 1.39 bits per heavy atom. The quantitative estimate of drug-likeness (QED) is 0.680. The summed E-state index contributed by atoms with van der Waals surface area (Å²) in [7, 11) is 0. The highest BCUT2D eigenvalue weighted by Gasteiger charge is 2.39. The molecule has 0 spiro atoms. The van der Waals surface area contributed by atoms with Crippen molar-refractivity contribution in [2.24, 2.45) is 11.8 Å². The van der Waals surface area contributed by atoms with Crippen molar-refractivity contribution in [3.63, 3.8) is 0 Å². The van der Waals surface area contributed by atoms with Gasteiger partial charge in [0.1, 0.15) is 6.54 Å². The number of aromatic nitrogens is 2. The van der Waals surface area contributed by atoms with Crippen LogP contribution < -0.4 is 16.3 Å². The van der Waals surface area contributed by atoms with Crippen LogP contribution in [0.3, 0.4) is 0 Å². The van der Waals surface area contributed by atoms with Gasteiger partial charge in [-0.1, -0.05) is 0 Å². The smallest absolute Gasteiger partial charge is 0.347 e. The van der Waals surface area contributed by atoms with E-state index in [0.717, 1.165) is 38.8 Å². The summed E-state index contributed by atoms with van der Waals surface area (Å²) >= 11 is 0. The normalized spacial score (nSPS) is 26.3. The van der Waals surface area contributed by atoms with E-state index in [1.54, 1.807) is 12.3 Å². The standard InChI is InChI=1S/C16H24N4O3/c21-13-8-12(9-13)15(11-2-5-17-6-3-11)19-14(22)10-20-7-1-4-18-16(20)23/h1,4,7,11-13,15,17,21H,2-3,5-6,8-10H2,(H,19,22)/t12?,13?,15-/m1/s1. The van der Waals surface area contributed by atoms with Crippen molar-refractivity contribution in [3.8, 4) is 0 Å². The summed E-state index contributed by atoms with van der Waals surface area (Å²) in [6.45, 7) is 1.92. The number of hydrogen-bond acceptors (Lipinski definition) is 5. The maximum absolute atomic E-state index is 12.4. The van der Waals surface area contributed by atoms with Crippen LogP contribution in [0.15, 0.2) is 23.3 Å². The number of aliphatic hydroxyl groups excluding tert-OH is 1. The molecule has 0 radical (unpaired) electrons. The fraction of sp³-hybridized carbons (Fsp3) is 0.688. The van der Waals surface area contributed by atoms with Gasteiger partial charge in [-0.15, -0.1) is 0 Å². The summed E-state index contributed by atoms with van der Waals surface area (Å²) in [5.41, 5.74) is -0.417. The third-order valence-electron chi connectivity index (χ3n) is 4.97. The Morgan fingerprint density at radius 3 is 2.78 bits per heavy atom. The van der Waals surface area contributed by atoms with Gasteiger partial charge < -0.3 is 15.7 Å². The minimum absolute atomic E-state index is 0.0105. The predicted molar refractivity (Wildman–Crippen MR) is 84.8 cm³/mol. The summed E-state index contributed by atoms with van der Waals surface area (Å²) in [4.78, 5) is 27.6. The van der Waals surface area contributed by atoms with Crippen molar-refractivity contribution in [2.75, 3.05) is 13.1 Å². The van der Waals surface area contributed by atoms with E-state index in [1.165, 1.54) is 10.8 Å². The highest BCUT2D eigenvalue weighted by Crippen LogP contribution is 2.35. The largest absolute Gasteiger partial charge is 0.393 e. The Bertz CT molecular complexity index is 591. The van der Waals surface area contributed by atoms with Crippen molar-refractivity contribution in [1.82, 2.24) is 20.2 Å². The van der Waals surface area contributed by atoms with Gasteiger partial charge in [0.2, 0.25) is 5.91 Å². The molecule has 2 aliphatic rings. The van der Waals surface area contributed by atoms with Gasteiger partial charge in [0.25, 0.3) is 0 Å². The monoisotopic (exact) mass is 320 g/mol. The Kier molecular flexibility index (Phi) is 5.07. The second-order valence-corrected chi connectivity index (χ2v) is 6.60. The second-order valence-electron chi connectivity index (χ2n) is 6.60. The topological polar surface area (TPSA) is 96.2 Å². The van der Waals surface area contributed by atoms with Crippen LogP contribution in [0.5, 0.6) is 0 Å². The molecule has 0 aromatic carbocycles. The molecule has 7 nitrogen and oxygen atoms in total. The summed E-state index contributed by atoms with van der Waals surface area (Å²) < 4.78 is 1.31. The average Bonchev–Trinajstić information content (AvgIpc) is 2.53. The van der Waals surface area contributed by atoms with Crippen molar-refractivity contribution >= 4 is 5.91 Å². The van der Waals surface area contributed by atoms with Crippen LogP contribution in [-0.2, 0) is 11.3 Å². The van der Waals surface area contributed by atoms with E-state index >= 15 is 0 Å². The predicted octanol–water partition coefficient (Wildman–Crippen LogP) is -0.501. The number of nitrogens with zero attached hydrogens (tertiary/aromatic N) is 2. The minimum atomic E-state index is -0.417. The minimum Gasteiger partial charge on any atom is -0.393 e. The Balaban J connectivity index is 1.64. The van der Waals surface area contributed by atoms with Crippen LogP contribution in [-0.4, -0.2) is 45.8 Å². The Labute approximate surface area is 135 Å². The molecular weight excluding hydrogens is 296 g/mol. The molecule has 2 heterocycles. The van der Waals surface area contributed by atoms with Gasteiger partial charge in [-0.05, 0) is 56.7 Å². The zero-order valence-electron chi connectivity index (χ0n) is 13.1. The van der Waals surface area contributed by atoms with Crippen LogP contribution in [0.2, 0.25) is 0 Å². The summed E-state index contributed by atoms with van der Waals surface area (Å²) in [5, 5.41) is 16.1. The first-order valence-corrected chi connectivity index (χ1v) is 8.33. The first-order valence-electron chi connectivity index (χ1n) is 8.33. The van der Waals surface area contributed by atoms with E-state index in [1.807, 2.05) is 0 Å². The lowest BCUT2D eigenvalue weighted by Gasteiger charge is -2.43. The van der Waals surface area contributed by atoms with Crippen molar-refractivity contribution < 1.29 is 9.90 Å². The lowest BCUT2D eigenvalue weighted by Crippen LogP contribution is -2.53. The van der Waals surface area contributed by atoms with Crippen LogP contribution in [0.4, 0.5) is 0 Å². The summed E-state index contributed by atoms with van der Waals surface area (Å²) in [6, 6.07) is 1.72. The SMILES string of the molecule is O=C(Cn1cccnc1=O)N[C@H](C1CCNCC1)C1CC(O)C1. The van der Waals surface area contributed by atoms with Crippen molar-refractivity contribution in [1.29, 1.82) is 0 Å². The number of carbonyl (C=O) groups is 1. The van der Waals surface area contributed by atoms with E-state index in [9.17, 15) is 14.7 Å². The number of amides is 1. The van der Waals surface area contributed by atoms with Crippen LogP contribution in [0.25, 0.3) is 0 Å². The van der Waals surface area contributed by atoms with E-state index < -0.39 is 5.69 Å². The number of piperidine rings is 1. The van der Waals surface area contributed by atoms with E-state index in [0.29, 0.717) is 11.8 Å². The van der Waals surface area contributed by atoms with Crippen LogP contribution >= 0.6 is 0 Å². The fourth-order valence-corrected chi connectivity index (χ4v) is 3.64. The molecule has 1 atom stereocenters. The van der Waals surface area contributed by atoms with Gasteiger partial charge in [-0.25, -0.2) is 9.78 Å². The Hall–Kier alpha value is -1.73. The molecule has 0 bridgehead atoms. The molecule has 1 aliphatic carbocycles. The molecule has 1 aromatic rings. The van der Waals surface area contributed by atoms with E-state index in [4.69, 9.17) is 0 Å². The molecule has 7 heteroatoms. The Morgan fingerprint density at radius 2 is 2.13 bits per heavy atom. The molecule has 0 unspecified atom stereocenters. The molecule has 1 saturated heterocycles. The lowest BCUT2D eigenvalue weighted by molar-refractivity contribution is -0.124. The molecule has 1 saturated carbocycles. The van der Waals surface area contributed by atoms with Crippen LogP contribution in [0.1, 0.15) is 25.7 Å². The summed E-state index contributed by atoms with van der Waals surface area (Å²) in [5.74, 6) is 0.607. The number of aliphatic hydroxyl groups is 1. The molecular formula is C16H24N4O3. The molecule has 3 N–H and O–H groups in total. The third kappa shape index (κ3) is 3.97. The van der Waals surface area contributed by atoms with E-state index in [-0.39, 0.29) is 24.6 Å². The zero-order chi connectivity index (χ0) is 16.2. The number of nitrogens with one attached hydrogen (secondary N) is 2. The van der Waals surface area contributed by atoms with Gasteiger partial charge in [0.15, 0.2) is 0 Å². The molecule has 1 aliphatic heterocycles. The highest BCUT2D eigenvalue weighted by atomic mass is 16.3. The van der Waals surface area contributed by atoms with Gasteiger partial charge in [0.05, 0.1) is 6.10 Å². The number of hydrogen-bond donors (Lipinski definition) is 3. The molecule has 1 amide bonds. The average molecular weight is 320 g/mol. The molecule has 126 valence electrons. The van der Waals surface area contributed by atoms with Gasteiger partial charge in [0, 0.05) is 18.4 Å². The molecule has 3 rings (SSSR count). The number of carbonyl (C=O) groups excluding carboxylic acids is 1. The third-order valence-corrected chi connectivity index (χ3v) is 4.97. The molecule has 2 fully saturated rings. The van der Waals surface area contributed by atoms with E-state index in [2.05, 4.69) is 15.6 Å². The van der Waals surface area contributed by atoms with Crippen molar-refractivity contribution in [3.05, 3.63) is 28.9 Å².